The van der Waals surface area contributed by atoms with Crippen molar-refractivity contribution in [1.29, 1.82) is 0 Å². The van der Waals surface area contributed by atoms with Crippen LogP contribution in [-0.4, -0.2) is 41.2 Å². The molecule has 20 heavy (non-hydrogen) atoms. The van der Waals surface area contributed by atoms with Crippen LogP contribution in [0.25, 0.3) is 0 Å². The average molecular weight is 280 g/mol. The Morgan fingerprint density at radius 3 is 2.70 bits per heavy atom. The van der Waals surface area contributed by atoms with Gasteiger partial charge in [0.25, 0.3) is 0 Å². The summed E-state index contributed by atoms with van der Waals surface area (Å²) >= 11 is 0. The molecular weight excluding hydrogens is 252 g/mol. The summed E-state index contributed by atoms with van der Waals surface area (Å²) in [5.41, 5.74) is -0.0603. The van der Waals surface area contributed by atoms with Gasteiger partial charge < -0.3 is 14.7 Å². The Bertz CT molecular complexity index is 394. The summed E-state index contributed by atoms with van der Waals surface area (Å²) in [6.45, 7) is 10.8. The minimum Gasteiger partial charge on any atom is -0.337 e. The molecule has 2 heterocycles. The molecular formula is C15H28N4O. The average Bonchev–Trinajstić information content (AvgIpc) is 3.10. The first-order valence-corrected chi connectivity index (χ1v) is 8.04. The quantitative estimate of drug-likeness (QED) is 0.792. The summed E-state index contributed by atoms with van der Waals surface area (Å²) in [4.78, 5) is 7.04. The molecule has 1 aliphatic heterocycles. The van der Waals surface area contributed by atoms with Crippen molar-refractivity contribution in [3.05, 3.63) is 11.7 Å². The molecule has 1 unspecified atom stereocenters. The summed E-state index contributed by atoms with van der Waals surface area (Å²) in [6, 6.07) is 0. The minimum atomic E-state index is -0.0603. The van der Waals surface area contributed by atoms with Crippen molar-refractivity contribution in [3.63, 3.8) is 0 Å². The van der Waals surface area contributed by atoms with E-state index in [1.165, 1.54) is 6.42 Å². The highest BCUT2D eigenvalue weighted by Crippen LogP contribution is 2.34. The van der Waals surface area contributed by atoms with Gasteiger partial charge in [-0.15, -0.1) is 0 Å². The molecule has 1 atom stereocenters. The molecule has 5 heteroatoms. The highest BCUT2D eigenvalue weighted by Gasteiger charge is 2.39. The number of nitrogens with one attached hydrogen (secondary N) is 1. The molecule has 1 aliphatic rings. The van der Waals surface area contributed by atoms with Crippen LogP contribution in [0.15, 0.2) is 4.52 Å². The van der Waals surface area contributed by atoms with E-state index in [0.29, 0.717) is 0 Å². The van der Waals surface area contributed by atoms with Crippen molar-refractivity contribution in [2.45, 2.75) is 58.4 Å². The summed E-state index contributed by atoms with van der Waals surface area (Å²) in [5.74, 6) is 1.64. The normalized spacial score (nSPS) is 22.8. The lowest BCUT2D eigenvalue weighted by Crippen LogP contribution is -2.37. The molecule has 0 bridgehead atoms. The van der Waals surface area contributed by atoms with Crippen LogP contribution < -0.4 is 5.32 Å². The molecule has 5 nitrogen and oxygen atoms in total. The second-order valence-electron chi connectivity index (χ2n) is 5.66. The molecule has 2 rings (SSSR count). The molecule has 114 valence electrons. The summed E-state index contributed by atoms with van der Waals surface area (Å²) in [5, 5.41) is 7.76. The molecule has 1 fully saturated rings. The number of hydrogen-bond acceptors (Lipinski definition) is 5. The van der Waals surface area contributed by atoms with Gasteiger partial charge in [-0.05, 0) is 38.9 Å². The van der Waals surface area contributed by atoms with Crippen LogP contribution in [0.1, 0.15) is 58.2 Å². The van der Waals surface area contributed by atoms with Gasteiger partial charge in [0, 0.05) is 13.0 Å². The van der Waals surface area contributed by atoms with Gasteiger partial charge in [-0.1, -0.05) is 32.3 Å². The van der Waals surface area contributed by atoms with Crippen LogP contribution in [-0.2, 0) is 12.0 Å². The lowest BCUT2D eigenvalue weighted by atomic mass is 9.92. The number of likely N-dealkylation sites (N-methyl/N-ethyl adjacent to an activating group) is 1. The van der Waals surface area contributed by atoms with Crippen molar-refractivity contribution in [1.82, 2.24) is 20.4 Å². The zero-order chi connectivity index (χ0) is 14.4. The lowest BCUT2D eigenvalue weighted by Gasteiger charge is -2.24. The molecule has 0 amide bonds. The van der Waals surface area contributed by atoms with Crippen LogP contribution in [0.2, 0.25) is 0 Å². The van der Waals surface area contributed by atoms with E-state index in [2.05, 4.69) is 41.1 Å². The topological polar surface area (TPSA) is 54.2 Å². The van der Waals surface area contributed by atoms with Crippen molar-refractivity contribution >= 4 is 0 Å². The molecule has 0 radical (unpaired) electrons. The van der Waals surface area contributed by atoms with E-state index in [4.69, 9.17) is 4.52 Å². The molecule has 1 aromatic rings. The predicted molar refractivity (Wildman–Crippen MR) is 79.6 cm³/mol. The Morgan fingerprint density at radius 1 is 1.30 bits per heavy atom. The predicted octanol–water partition coefficient (Wildman–Crippen LogP) is 2.33. The number of hydrogen-bond donors (Lipinski definition) is 1. The smallest absolute Gasteiger partial charge is 0.246 e. The van der Waals surface area contributed by atoms with E-state index in [0.717, 1.165) is 63.6 Å². The van der Waals surface area contributed by atoms with Gasteiger partial charge in [0.15, 0.2) is 5.82 Å². The second kappa shape index (κ2) is 7.18. The number of aromatic nitrogens is 2. The fourth-order valence-electron chi connectivity index (χ4n) is 3.08. The van der Waals surface area contributed by atoms with Gasteiger partial charge in [0.2, 0.25) is 5.89 Å². The summed E-state index contributed by atoms with van der Waals surface area (Å²) in [7, 11) is 0. The monoisotopic (exact) mass is 280 g/mol. The Balaban J connectivity index is 2.00. The largest absolute Gasteiger partial charge is 0.337 e. The zero-order valence-electron chi connectivity index (χ0n) is 13.1. The summed E-state index contributed by atoms with van der Waals surface area (Å²) in [6.07, 6.45) is 5.37. The van der Waals surface area contributed by atoms with Gasteiger partial charge in [-0.25, -0.2) is 0 Å². The van der Waals surface area contributed by atoms with Gasteiger partial charge in [0.05, 0.1) is 5.54 Å². The van der Waals surface area contributed by atoms with Gasteiger partial charge in [0.1, 0.15) is 0 Å². The van der Waals surface area contributed by atoms with Crippen molar-refractivity contribution in [3.8, 4) is 0 Å². The maximum atomic E-state index is 5.56. The first kappa shape index (κ1) is 15.4. The third-order valence-electron chi connectivity index (χ3n) is 4.34. The van der Waals surface area contributed by atoms with Gasteiger partial charge in [-0.2, -0.15) is 4.98 Å². The van der Waals surface area contributed by atoms with Crippen LogP contribution in [0.3, 0.4) is 0 Å². The standard InChI is InChI=1S/C15H28N4O/c1-4-9-15(10-7-11-16-15)14-17-13(18-20-14)8-12-19(5-2)6-3/h16H,4-12H2,1-3H3. The molecule has 1 N–H and O–H groups in total. The van der Waals surface area contributed by atoms with E-state index < -0.39 is 0 Å². The molecule has 0 aromatic carbocycles. The first-order chi connectivity index (χ1) is 9.74. The summed E-state index contributed by atoms with van der Waals surface area (Å²) < 4.78 is 5.56. The van der Waals surface area contributed by atoms with E-state index in [9.17, 15) is 0 Å². The molecule has 1 aromatic heterocycles. The van der Waals surface area contributed by atoms with Gasteiger partial charge >= 0.3 is 0 Å². The maximum Gasteiger partial charge on any atom is 0.246 e. The van der Waals surface area contributed by atoms with E-state index >= 15 is 0 Å². The van der Waals surface area contributed by atoms with Crippen molar-refractivity contribution in [2.24, 2.45) is 0 Å². The maximum absolute atomic E-state index is 5.56. The lowest BCUT2D eigenvalue weighted by molar-refractivity contribution is 0.240. The molecule has 0 spiro atoms. The molecule has 0 aliphatic carbocycles. The van der Waals surface area contributed by atoms with E-state index in [1.807, 2.05) is 0 Å². The molecule has 1 saturated heterocycles. The Morgan fingerprint density at radius 2 is 2.10 bits per heavy atom. The Kier molecular flexibility index (Phi) is 5.54. The zero-order valence-corrected chi connectivity index (χ0v) is 13.1. The SMILES string of the molecule is CCCC1(c2nc(CCN(CC)CC)no2)CCCN1. The fourth-order valence-corrected chi connectivity index (χ4v) is 3.08. The van der Waals surface area contributed by atoms with E-state index in [1.54, 1.807) is 0 Å². The Labute approximate surface area is 122 Å². The number of rotatable bonds is 8. The third kappa shape index (κ3) is 3.38. The highest BCUT2D eigenvalue weighted by molar-refractivity contribution is 5.06. The van der Waals surface area contributed by atoms with Crippen LogP contribution in [0, 0.1) is 0 Å². The van der Waals surface area contributed by atoms with Crippen molar-refractivity contribution in [2.75, 3.05) is 26.2 Å². The van der Waals surface area contributed by atoms with Gasteiger partial charge in [-0.3, -0.25) is 0 Å². The number of nitrogens with zero attached hydrogens (tertiary/aromatic N) is 3. The van der Waals surface area contributed by atoms with Crippen LogP contribution >= 0.6 is 0 Å². The van der Waals surface area contributed by atoms with Crippen LogP contribution in [0.4, 0.5) is 0 Å². The fraction of sp³-hybridized carbons (Fsp3) is 0.867. The third-order valence-corrected chi connectivity index (χ3v) is 4.34. The van der Waals surface area contributed by atoms with Crippen LogP contribution in [0.5, 0.6) is 0 Å². The minimum absolute atomic E-state index is 0.0603. The first-order valence-electron chi connectivity index (χ1n) is 8.04. The van der Waals surface area contributed by atoms with Crippen molar-refractivity contribution < 1.29 is 4.52 Å². The highest BCUT2D eigenvalue weighted by atomic mass is 16.5. The second-order valence-corrected chi connectivity index (χ2v) is 5.66. The van der Waals surface area contributed by atoms with E-state index in [-0.39, 0.29) is 5.54 Å². The molecule has 0 saturated carbocycles. The Hall–Kier alpha value is -0.940.